The summed E-state index contributed by atoms with van der Waals surface area (Å²) in [5.41, 5.74) is 8.29. The van der Waals surface area contributed by atoms with Crippen LogP contribution >= 0.6 is 0 Å². The fraction of sp³-hybridized carbons (Fsp3) is 0.300. The number of benzene rings is 2. The molecule has 0 aliphatic heterocycles. The number of nitrogens with zero attached hydrogens (tertiary/aromatic N) is 1. The molecule has 0 bridgehead atoms. The largest absolute Gasteiger partial charge is 0.493 e. The summed E-state index contributed by atoms with van der Waals surface area (Å²) in [4.78, 5) is 15.5. The molecule has 0 atom stereocenters. The summed E-state index contributed by atoms with van der Waals surface area (Å²) < 4.78 is 16.0. The van der Waals surface area contributed by atoms with Gasteiger partial charge in [-0.15, -0.1) is 0 Å². The van der Waals surface area contributed by atoms with Crippen LogP contribution in [0.4, 0.5) is 17.1 Å². The Morgan fingerprint density at radius 3 is 2.36 bits per heavy atom. The first-order valence-corrected chi connectivity index (χ1v) is 8.79. The number of carbonyl (C=O) groups is 1. The number of nitrogens with one attached hydrogen (secondary N) is 2. The van der Waals surface area contributed by atoms with Gasteiger partial charge in [0.05, 0.1) is 39.0 Å². The highest BCUT2D eigenvalue weighted by Crippen LogP contribution is 2.39. The molecule has 2 rings (SSSR count). The minimum absolute atomic E-state index is 0.517. The second-order valence-electron chi connectivity index (χ2n) is 5.78. The van der Waals surface area contributed by atoms with Crippen molar-refractivity contribution < 1.29 is 19.0 Å². The summed E-state index contributed by atoms with van der Waals surface area (Å²) >= 11 is 0. The van der Waals surface area contributed by atoms with E-state index in [-0.39, 0.29) is 0 Å². The number of anilines is 2. The lowest BCUT2D eigenvalue weighted by Crippen LogP contribution is -2.08. The summed E-state index contributed by atoms with van der Waals surface area (Å²) in [7, 11) is 4.67. The zero-order chi connectivity index (χ0) is 20.4. The van der Waals surface area contributed by atoms with E-state index in [9.17, 15) is 4.79 Å². The Hall–Kier alpha value is -3.26. The molecule has 28 heavy (non-hydrogen) atoms. The number of ether oxygens (including phenoxy) is 3. The third kappa shape index (κ3) is 5.37. The molecular weight excluding hydrogens is 360 g/mol. The van der Waals surface area contributed by atoms with Gasteiger partial charge in [-0.05, 0) is 31.2 Å². The van der Waals surface area contributed by atoms with E-state index in [0.717, 1.165) is 24.1 Å². The van der Waals surface area contributed by atoms with E-state index >= 15 is 0 Å². The second kappa shape index (κ2) is 10.8. The summed E-state index contributed by atoms with van der Waals surface area (Å²) in [6, 6.07) is 8.82. The maximum absolute atomic E-state index is 11.0. The van der Waals surface area contributed by atoms with Crippen molar-refractivity contribution in [3.8, 4) is 17.2 Å². The summed E-state index contributed by atoms with van der Waals surface area (Å²) in [5, 5.41) is 6.34. The molecule has 0 unspecified atom stereocenters. The van der Waals surface area contributed by atoms with Crippen LogP contribution in [-0.2, 0) is 0 Å². The number of hydrogen-bond acceptors (Lipinski definition) is 7. The van der Waals surface area contributed by atoms with Gasteiger partial charge in [-0.3, -0.25) is 4.79 Å². The van der Waals surface area contributed by atoms with Crippen molar-refractivity contribution in [2.75, 3.05) is 45.1 Å². The molecule has 2 aromatic carbocycles. The third-order valence-electron chi connectivity index (χ3n) is 3.95. The first-order valence-electron chi connectivity index (χ1n) is 8.79. The lowest BCUT2D eigenvalue weighted by Gasteiger charge is -2.14. The normalized spacial score (nSPS) is 10.6. The number of aliphatic imine (C=N–C) groups is 1. The van der Waals surface area contributed by atoms with Crippen LogP contribution < -0.4 is 30.6 Å². The molecule has 0 saturated heterocycles. The molecule has 0 aromatic heterocycles. The van der Waals surface area contributed by atoms with Gasteiger partial charge < -0.3 is 30.6 Å². The van der Waals surface area contributed by atoms with Crippen LogP contribution in [0.15, 0.2) is 35.3 Å². The molecule has 0 fully saturated rings. The number of methoxy groups -OCH3 is 3. The van der Waals surface area contributed by atoms with E-state index in [4.69, 9.17) is 19.9 Å². The average molecular weight is 386 g/mol. The maximum atomic E-state index is 11.0. The number of hydrogen-bond donors (Lipinski definition) is 3. The highest BCUT2D eigenvalue weighted by molar-refractivity contribution is 5.85. The molecule has 4 N–H and O–H groups in total. The molecule has 0 spiro atoms. The minimum atomic E-state index is 0.517. The number of carbonyl (C=O) groups excluding carboxylic acids is 1. The highest BCUT2D eigenvalue weighted by atomic mass is 16.5. The van der Waals surface area contributed by atoms with E-state index in [0.29, 0.717) is 41.6 Å². The van der Waals surface area contributed by atoms with Crippen LogP contribution in [0.5, 0.6) is 17.2 Å². The van der Waals surface area contributed by atoms with Gasteiger partial charge >= 0.3 is 0 Å². The summed E-state index contributed by atoms with van der Waals surface area (Å²) in [6.45, 7) is 1.28. The minimum Gasteiger partial charge on any atom is -0.493 e. The Morgan fingerprint density at radius 1 is 1.07 bits per heavy atom. The number of rotatable bonds is 11. The zero-order valence-electron chi connectivity index (χ0n) is 16.3. The van der Waals surface area contributed by atoms with Gasteiger partial charge in [-0.1, -0.05) is 0 Å². The van der Waals surface area contributed by atoms with Gasteiger partial charge in [0.2, 0.25) is 5.75 Å². The number of nitrogens with two attached hydrogens (primary N) is 1. The predicted molar refractivity (Wildman–Crippen MR) is 112 cm³/mol. The Morgan fingerprint density at radius 2 is 1.79 bits per heavy atom. The average Bonchev–Trinajstić information content (AvgIpc) is 2.73. The third-order valence-corrected chi connectivity index (χ3v) is 3.95. The quantitative estimate of drug-likeness (QED) is 0.236. The Balaban J connectivity index is 2.21. The molecule has 8 nitrogen and oxygen atoms in total. The maximum Gasteiger partial charge on any atom is 0.203 e. The summed E-state index contributed by atoms with van der Waals surface area (Å²) in [6.07, 6.45) is 3.18. The Bertz CT molecular complexity index is 799. The fourth-order valence-corrected chi connectivity index (χ4v) is 2.55. The molecule has 0 radical (unpaired) electrons. The van der Waals surface area contributed by atoms with Crippen LogP contribution in [0, 0.1) is 0 Å². The molecule has 2 aromatic rings. The van der Waals surface area contributed by atoms with E-state index in [1.54, 1.807) is 58.0 Å². The van der Waals surface area contributed by atoms with Gasteiger partial charge in [0.25, 0.3) is 0 Å². The van der Waals surface area contributed by atoms with Crippen LogP contribution in [-0.4, -0.2) is 47.0 Å². The van der Waals surface area contributed by atoms with Crippen LogP contribution in [0.3, 0.4) is 0 Å². The molecule has 0 saturated carbocycles. The van der Waals surface area contributed by atoms with Crippen molar-refractivity contribution in [1.82, 2.24) is 0 Å². The van der Waals surface area contributed by atoms with Gasteiger partial charge in [0.15, 0.2) is 11.5 Å². The zero-order valence-corrected chi connectivity index (χ0v) is 16.3. The highest BCUT2D eigenvalue weighted by Gasteiger charge is 2.12. The van der Waals surface area contributed by atoms with Gasteiger partial charge in [-0.25, -0.2) is 4.99 Å². The topological polar surface area (TPSA) is 107 Å². The van der Waals surface area contributed by atoms with Crippen molar-refractivity contribution in [2.45, 2.75) is 6.42 Å². The van der Waals surface area contributed by atoms with Gasteiger partial charge in [0, 0.05) is 29.9 Å². The smallest absolute Gasteiger partial charge is 0.203 e. The standard InChI is InChI=1S/C20H26N4O4/c1-26-18-10-15(11-19(27-2)20(18)28-3)23-13-24-16-6-5-14(12-25)9-17(16)22-8-4-7-21/h5-6,9-13,22H,4,7-8,21H2,1-3H3,(H,23,24). The van der Waals surface area contributed by atoms with Crippen LogP contribution in [0.1, 0.15) is 16.8 Å². The van der Waals surface area contributed by atoms with E-state index in [1.807, 2.05) is 0 Å². The molecule has 0 heterocycles. The molecule has 0 aliphatic carbocycles. The van der Waals surface area contributed by atoms with Crippen LogP contribution in [0.25, 0.3) is 0 Å². The van der Waals surface area contributed by atoms with E-state index in [1.165, 1.54) is 0 Å². The van der Waals surface area contributed by atoms with Crippen LogP contribution in [0.2, 0.25) is 0 Å². The SMILES string of the molecule is COc1cc(NC=Nc2ccc(C=O)cc2NCCCN)cc(OC)c1OC. The van der Waals surface area contributed by atoms with Crippen molar-refractivity contribution in [3.05, 3.63) is 35.9 Å². The lowest BCUT2D eigenvalue weighted by atomic mass is 10.2. The first kappa shape index (κ1) is 21.0. The number of aldehydes is 1. The van der Waals surface area contributed by atoms with Crippen molar-refractivity contribution in [3.63, 3.8) is 0 Å². The monoisotopic (exact) mass is 386 g/mol. The Kier molecular flexibility index (Phi) is 8.11. The molecule has 0 aliphatic rings. The molecular formula is C20H26N4O4. The van der Waals surface area contributed by atoms with Crippen molar-refractivity contribution in [2.24, 2.45) is 10.7 Å². The lowest BCUT2D eigenvalue weighted by molar-refractivity contribution is 0.112. The molecule has 0 amide bonds. The van der Waals surface area contributed by atoms with Gasteiger partial charge in [-0.2, -0.15) is 0 Å². The van der Waals surface area contributed by atoms with E-state index < -0.39 is 0 Å². The molecule has 150 valence electrons. The first-order chi connectivity index (χ1) is 13.7. The van der Waals surface area contributed by atoms with Crippen molar-refractivity contribution >= 4 is 29.7 Å². The Labute approximate surface area is 164 Å². The van der Waals surface area contributed by atoms with E-state index in [2.05, 4.69) is 15.6 Å². The van der Waals surface area contributed by atoms with Crippen molar-refractivity contribution in [1.29, 1.82) is 0 Å². The fourth-order valence-electron chi connectivity index (χ4n) is 2.55. The summed E-state index contributed by atoms with van der Waals surface area (Å²) in [5.74, 6) is 1.60. The molecule has 8 heteroatoms. The second-order valence-corrected chi connectivity index (χ2v) is 5.78. The predicted octanol–water partition coefficient (Wildman–Crippen LogP) is 3.06. The van der Waals surface area contributed by atoms with Gasteiger partial charge in [0.1, 0.15) is 6.29 Å².